The van der Waals surface area contributed by atoms with Gasteiger partial charge < -0.3 is 4.98 Å². The van der Waals surface area contributed by atoms with Gasteiger partial charge >= 0.3 is 0 Å². The molecule has 8 heteroatoms. The minimum atomic E-state index is -0.262. The number of hydrogen-bond acceptors (Lipinski definition) is 3. The van der Waals surface area contributed by atoms with Gasteiger partial charge in [0.25, 0.3) is 0 Å². The average molecular weight is 447 g/mol. The molecule has 0 aliphatic heterocycles. The maximum atomic E-state index is 9.80. The van der Waals surface area contributed by atoms with Crippen molar-refractivity contribution in [3.05, 3.63) is 57.7 Å². The summed E-state index contributed by atoms with van der Waals surface area (Å²) in [5, 5.41) is 15.5. The predicted molar refractivity (Wildman–Crippen MR) is 123 cm³/mol. The number of halogens is 2. The van der Waals surface area contributed by atoms with Crippen LogP contribution in [0.2, 0.25) is 10.0 Å². The van der Waals surface area contributed by atoms with E-state index >= 15 is 0 Å². The molecule has 4 rings (SSSR count). The van der Waals surface area contributed by atoms with Crippen molar-refractivity contribution in [2.24, 2.45) is 7.05 Å². The van der Waals surface area contributed by atoms with Crippen LogP contribution in [0.5, 0.6) is 0 Å². The van der Waals surface area contributed by atoms with Crippen LogP contribution in [-0.4, -0.2) is 49.3 Å². The number of H-pyrrole nitrogens is 1. The molecule has 0 aliphatic carbocycles. The van der Waals surface area contributed by atoms with Gasteiger partial charge in [0.15, 0.2) is 5.82 Å². The molecule has 2 aromatic carbocycles. The number of benzene rings is 2. The number of fused-ring (bicyclic) bond motifs is 1. The first kappa shape index (κ1) is 22.9. The van der Waals surface area contributed by atoms with Gasteiger partial charge in [0, 0.05) is 52.6 Å². The van der Waals surface area contributed by atoms with Gasteiger partial charge in [0.05, 0.1) is 16.2 Å². The molecule has 0 bridgehead atoms. The first-order chi connectivity index (χ1) is 13.7. The van der Waals surface area contributed by atoms with Crippen molar-refractivity contribution >= 4 is 63.8 Å². The van der Waals surface area contributed by atoms with Crippen molar-refractivity contribution < 1.29 is 0 Å². The standard InChI is InChI=1S/C22H19Cl2N5.Na/c1-22(2,3)20-14(11-25)19(29(4)28-20)21-26-17-10-12(9-16(24)18(17)27-21)13-7-5-6-8-15(13)23;/h5-10H,1-4H3,(H,26,27);. The van der Waals surface area contributed by atoms with Crippen molar-refractivity contribution in [2.45, 2.75) is 26.2 Å². The number of rotatable bonds is 2. The Morgan fingerprint density at radius 3 is 2.43 bits per heavy atom. The quantitative estimate of drug-likeness (QED) is 0.399. The Bertz CT molecular complexity index is 1290. The molecule has 0 fully saturated rings. The number of imidazole rings is 1. The zero-order valence-corrected chi connectivity index (χ0v) is 21.0. The number of nitrogens with one attached hydrogen (secondary N) is 1. The average Bonchev–Trinajstić information content (AvgIpc) is 3.22. The minimum absolute atomic E-state index is 0. The van der Waals surface area contributed by atoms with Crippen LogP contribution in [0.25, 0.3) is 33.7 Å². The Morgan fingerprint density at radius 1 is 1.10 bits per heavy atom. The third-order valence-electron chi connectivity index (χ3n) is 4.82. The molecule has 0 spiro atoms. The Kier molecular flexibility index (Phi) is 6.38. The molecular formula is C22H19Cl2N5Na. The van der Waals surface area contributed by atoms with Gasteiger partial charge in [0.1, 0.15) is 22.8 Å². The second-order valence-electron chi connectivity index (χ2n) is 7.98. The summed E-state index contributed by atoms with van der Waals surface area (Å²) in [7, 11) is 1.81. The number of nitrogens with zero attached hydrogens (tertiary/aromatic N) is 4. The predicted octanol–water partition coefficient (Wildman–Crippen LogP) is 5.73. The topological polar surface area (TPSA) is 70.3 Å². The van der Waals surface area contributed by atoms with Gasteiger partial charge in [-0.2, -0.15) is 10.4 Å². The SMILES string of the molecule is Cn1nc(C(C)(C)C)c(C#N)c1-c1nc2c(Cl)cc(-c3ccccc3Cl)cc2[nH]1.[Na]. The molecule has 1 radical (unpaired) electrons. The summed E-state index contributed by atoms with van der Waals surface area (Å²) in [6.07, 6.45) is 0. The molecule has 0 saturated heterocycles. The summed E-state index contributed by atoms with van der Waals surface area (Å²) < 4.78 is 1.69. The zero-order chi connectivity index (χ0) is 20.9. The van der Waals surface area contributed by atoms with E-state index in [-0.39, 0.29) is 35.0 Å². The molecule has 4 aromatic rings. The van der Waals surface area contributed by atoms with Gasteiger partial charge in [-0.3, -0.25) is 4.68 Å². The summed E-state index contributed by atoms with van der Waals surface area (Å²) >= 11 is 12.9. The number of hydrogen-bond donors (Lipinski definition) is 1. The van der Waals surface area contributed by atoms with E-state index in [9.17, 15) is 5.26 Å². The zero-order valence-electron chi connectivity index (χ0n) is 17.5. The first-order valence-electron chi connectivity index (χ1n) is 9.13. The van der Waals surface area contributed by atoms with Crippen LogP contribution < -0.4 is 0 Å². The van der Waals surface area contributed by atoms with Gasteiger partial charge in [-0.05, 0) is 23.8 Å². The normalized spacial score (nSPS) is 11.4. The van der Waals surface area contributed by atoms with Crippen LogP contribution in [0.15, 0.2) is 36.4 Å². The number of aryl methyl sites for hydroxylation is 1. The van der Waals surface area contributed by atoms with Crippen LogP contribution in [0.3, 0.4) is 0 Å². The third kappa shape index (κ3) is 3.91. The molecule has 2 aromatic heterocycles. The molecule has 1 N–H and O–H groups in total. The van der Waals surface area contributed by atoms with Crippen molar-refractivity contribution in [3.8, 4) is 28.7 Å². The van der Waals surface area contributed by atoms with Crippen molar-refractivity contribution in [2.75, 3.05) is 0 Å². The second-order valence-corrected chi connectivity index (χ2v) is 8.79. The van der Waals surface area contributed by atoms with E-state index in [0.29, 0.717) is 32.6 Å². The molecule has 0 saturated carbocycles. The van der Waals surface area contributed by atoms with Crippen LogP contribution in [0, 0.1) is 11.3 Å². The largest absolute Gasteiger partial charge is 0.337 e. The molecule has 147 valence electrons. The fraction of sp³-hybridized carbons (Fsp3) is 0.227. The number of aromatic amines is 1. The molecule has 5 nitrogen and oxygen atoms in total. The van der Waals surface area contributed by atoms with Crippen LogP contribution in [-0.2, 0) is 12.5 Å². The maximum absolute atomic E-state index is 9.80. The minimum Gasteiger partial charge on any atom is -0.337 e. The fourth-order valence-electron chi connectivity index (χ4n) is 3.46. The summed E-state index contributed by atoms with van der Waals surface area (Å²) in [6.45, 7) is 6.10. The van der Waals surface area contributed by atoms with E-state index in [1.54, 1.807) is 4.68 Å². The Labute approximate surface area is 207 Å². The van der Waals surface area contributed by atoms with Crippen molar-refractivity contribution in [1.82, 2.24) is 19.7 Å². The van der Waals surface area contributed by atoms with E-state index < -0.39 is 0 Å². The molecule has 0 unspecified atom stereocenters. The second kappa shape index (κ2) is 8.37. The summed E-state index contributed by atoms with van der Waals surface area (Å²) in [4.78, 5) is 7.98. The number of aromatic nitrogens is 4. The van der Waals surface area contributed by atoms with Gasteiger partial charge in [-0.15, -0.1) is 0 Å². The molecule has 30 heavy (non-hydrogen) atoms. The molecular weight excluding hydrogens is 428 g/mol. The summed E-state index contributed by atoms with van der Waals surface area (Å²) in [5.74, 6) is 0.556. The Morgan fingerprint density at radius 2 is 1.80 bits per heavy atom. The third-order valence-corrected chi connectivity index (χ3v) is 5.44. The molecule has 0 atom stereocenters. The monoisotopic (exact) mass is 446 g/mol. The molecule has 2 heterocycles. The van der Waals surface area contributed by atoms with Crippen molar-refractivity contribution in [1.29, 1.82) is 5.26 Å². The van der Waals surface area contributed by atoms with Crippen molar-refractivity contribution in [3.63, 3.8) is 0 Å². The fourth-order valence-corrected chi connectivity index (χ4v) is 3.97. The number of nitriles is 1. The Balaban J connectivity index is 0.00000256. The molecule has 0 aliphatic rings. The van der Waals surface area contributed by atoms with E-state index in [1.165, 1.54) is 0 Å². The molecule has 0 amide bonds. The maximum Gasteiger partial charge on any atom is 0.158 e. The van der Waals surface area contributed by atoms with Gasteiger partial charge in [-0.1, -0.05) is 62.2 Å². The summed E-state index contributed by atoms with van der Waals surface area (Å²) in [5.41, 5.74) is 4.82. The van der Waals surface area contributed by atoms with E-state index in [1.807, 2.05) is 64.2 Å². The van der Waals surface area contributed by atoms with Gasteiger partial charge in [-0.25, -0.2) is 4.98 Å². The van der Waals surface area contributed by atoms with E-state index in [0.717, 1.165) is 22.3 Å². The van der Waals surface area contributed by atoms with Gasteiger partial charge in [0.2, 0.25) is 0 Å². The van der Waals surface area contributed by atoms with Crippen LogP contribution in [0.4, 0.5) is 0 Å². The smallest absolute Gasteiger partial charge is 0.158 e. The Hall–Kier alpha value is -1.81. The van der Waals surface area contributed by atoms with E-state index in [4.69, 9.17) is 23.2 Å². The van der Waals surface area contributed by atoms with Crippen LogP contribution in [0.1, 0.15) is 32.0 Å². The first-order valence-corrected chi connectivity index (χ1v) is 9.88. The summed E-state index contributed by atoms with van der Waals surface area (Å²) in [6, 6.07) is 13.7. The van der Waals surface area contributed by atoms with E-state index in [2.05, 4.69) is 21.1 Å². The van der Waals surface area contributed by atoms with Crippen LogP contribution >= 0.6 is 23.2 Å².